The van der Waals surface area contributed by atoms with Crippen molar-refractivity contribution in [1.82, 2.24) is 19.7 Å². The number of aromatic nitrogens is 3. The number of unbranched alkanes of at least 4 members (excludes halogenated alkanes) is 1. The molecule has 2 aromatic rings. The van der Waals surface area contributed by atoms with E-state index >= 15 is 0 Å². The molecule has 0 radical (unpaired) electrons. The first-order chi connectivity index (χ1) is 10.2. The van der Waals surface area contributed by atoms with Crippen molar-refractivity contribution in [2.45, 2.75) is 39.8 Å². The Labute approximate surface area is 125 Å². The lowest BCUT2D eigenvalue weighted by Crippen LogP contribution is -2.31. The molecule has 0 saturated heterocycles. The number of aryl methyl sites for hydroxylation is 1. The van der Waals surface area contributed by atoms with Crippen molar-refractivity contribution in [3.8, 4) is 0 Å². The summed E-state index contributed by atoms with van der Waals surface area (Å²) in [5.41, 5.74) is 1.55. The summed E-state index contributed by atoms with van der Waals surface area (Å²) in [5.74, 6) is 0.0220. The Hall–Kier alpha value is -2.17. The van der Waals surface area contributed by atoms with Gasteiger partial charge in [-0.05, 0) is 25.5 Å². The molecule has 0 spiro atoms. The summed E-state index contributed by atoms with van der Waals surface area (Å²) in [4.78, 5) is 18.8. The van der Waals surface area contributed by atoms with E-state index in [0.29, 0.717) is 12.1 Å². The molecule has 2 aromatic heterocycles. The van der Waals surface area contributed by atoms with Crippen LogP contribution in [0.2, 0.25) is 0 Å². The predicted molar refractivity (Wildman–Crippen MR) is 81.8 cm³/mol. The second kappa shape index (κ2) is 7.57. The van der Waals surface area contributed by atoms with E-state index in [1.165, 1.54) is 0 Å². The monoisotopic (exact) mass is 286 g/mol. The Morgan fingerprint density at radius 1 is 1.33 bits per heavy atom. The van der Waals surface area contributed by atoms with Crippen molar-refractivity contribution in [2.75, 3.05) is 6.54 Å². The topological polar surface area (TPSA) is 51.0 Å². The lowest BCUT2D eigenvalue weighted by Gasteiger charge is -2.21. The molecule has 0 saturated carbocycles. The molecule has 0 N–H and O–H groups in total. The molecular formula is C16H22N4O. The standard InChI is InChI=1S/C16H22N4O/c1-3-5-10-19(13-15-8-6-7-9-17-15)16(21)14-11-18-20(4-2)12-14/h6-9,11-12H,3-5,10,13H2,1-2H3. The average molecular weight is 286 g/mol. The highest BCUT2D eigenvalue weighted by molar-refractivity contribution is 5.93. The molecule has 0 aliphatic heterocycles. The maximum absolute atomic E-state index is 12.6. The molecule has 1 amide bonds. The highest BCUT2D eigenvalue weighted by atomic mass is 16.2. The maximum atomic E-state index is 12.6. The molecule has 0 aliphatic carbocycles. The number of hydrogen-bond acceptors (Lipinski definition) is 3. The van der Waals surface area contributed by atoms with E-state index in [0.717, 1.165) is 31.6 Å². The number of amides is 1. The Morgan fingerprint density at radius 3 is 2.81 bits per heavy atom. The first kappa shape index (κ1) is 15.2. The third-order valence-corrected chi connectivity index (χ3v) is 3.35. The Morgan fingerprint density at radius 2 is 2.19 bits per heavy atom. The molecule has 0 fully saturated rings. The minimum Gasteiger partial charge on any atom is -0.333 e. The number of nitrogens with zero attached hydrogens (tertiary/aromatic N) is 4. The van der Waals surface area contributed by atoms with Gasteiger partial charge >= 0.3 is 0 Å². The van der Waals surface area contributed by atoms with Gasteiger partial charge in [0.15, 0.2) is 0 Å². The van der Waals surface area contributed by atoms with Gasteiger partial charge in [0.2, 0.25) is 0 Å². The largest absolute Gasteiger partial charge is 0.333 e. The van der Waals surface area contributed by atoms with Crippen LogP contribution in [0, 0.1) is 0 Å². The normalized spacial score (nSPS) is 10.6. The maximum Gasteiger partial charge on any atom is 0.257 e. The lowest BCUT2D eigenvalue weighted by molar-refractivity contribution is 0.0738. The zero-order valence-corrected chi connectivity index (χ0v) is 12.7. The first-order valence-corrected chi connectivity index (χ1v) is 7.46. The van der Waals surface area contributed by atoms with Gasteiger partial charge in [0.25, 0.3) is 5.91 Å². The van der Waals surface area contributed by atoms with E-state index in [1.807, 2.05) is 30.0 Å². The molecule has 2 heterocycles. The van der Waals surface area contributed by atoms with Crippen LogP contribution >= 0.6 is 0 Å². The van der Waals surface area contributed by atoms with Crippen LogP contribution in [0.3, 0.4) is 0 Å². The highest BCUT2D eigenvalue weighted by Gasteiger charge is 2.17. The Bertz CT molecular complexity index is 565. The van der Waals surface area contributed by atoms with Crippen molar-refractivity contribution in [1.29, 1.82) is 0 Å². The molecule has 112 valence electrons. The zero-order valence-electron chi connectivity index (χ0n) is 12.7. The number of carbonyl (C=O) groups excluding carboxylic acids is 1. The van der Waals surface area contributed by atoms with Gasteiger partial charge in [-0.25, -0.2) is 0 Å². The van der Waals surface area contributed by atoms with Crippen LogP contribution in [0.25, 0.3) is 0 Å². The summed E-state index contributed by atoms with van der Waals surface area (Å²) in [7, 11) is 0. The van der Waals surface area contributed by atoms with E-state index in [-0.39, 0.29) is 5.91 Å². The van der Waals surface area contributed by atoms with E-state index in [1.54, 1.807) is 23.3 Å². The van der Waals surface area contributed by atoms with Gasteiger partial charge in [-0.3, -0.25) is 14.5 Å². The zero-order chi connectivity index (χ0) is 15.1. The van der Waals surface area contributed by atoms with Crippen molar-refractivity contribution >= 4 is 5.91 Å². The minimum absolute atomic E-state index is 0.0220. The number of carbonyl (C=O) groups is 1. The van der Waals surface area contributed by atoms with Crippen molar-refractivity contribution in [3.05, 3.63) is 48.0 Å². The van der Waals surface area contributed by atoms with Crippen molar-refractivity contribution in [3.63, 3.8) is 0 Å². The highest BCUT2D eigenvalue weighted by Crippen LogP contribution is 2.10. The summed E-state index contributed by atoms with van der Waals surface area (Å²) in [6.07, 6.45) is 7.25. The van der Waals surface area contributed by atoms with Crippen LogP contribution < -0.4 is 0 Å². The Balaban J connectivity index is 2.12. The molecule has 0 bridgehead atoms. The van der Waals surface area contributed by atoms with E-state index in [9.17, 15) is 4.79 Å². The number of rotatable bonds is 7. The molecule has 0 aliphatic rings. The lowest BCUT2D eigenvalue weighted by atomic mass is 10.2. The van der Waals surface area contributed by atoms with Crippen molar-refractivity contribution in [2.24, 2.45) is 0 Å². The second-order valence-electron chi connectivity index (χ2n) is 4.99. The van der Waals surface area contributed by atoms with Crippen LogP contribution in [0.5, 0.6) is 0 Å². The third-order valence-electron chi connectivity index (χ3n) is 3.35. The Kier molecular flexibility index (Phi) is 5.49. The van der Waals surface area contributed by atoms with Gasteiger partial charge in [0.1, 0.15) is 0 Å². The smallest absolute Gasteiger partial charge is 0.257 e. The van der Waals surface area contributed by atoms with Gasteiger partial charge in [-0.2, -0.15) is 5.10 Å². The van der Waals surface area contributed by atoms with E-state index in [4.69, 9.17) is 0 Å². The van der Waals surface area contributed by atoms with E-state index in [2.05, 4.69) is 17.0 Å². The van der Waals surface area contributed by atoms with Crippen LogP contribution in [-0.4, -0.2) is 32.1 Å². The molecule has 0 atom stereocenters. The van der Waals surface area contributed by atoms with Gasteiger partial charge in [-0.15, -0.1) is 0 Å². The van der Waals surface area contributed by atoms with Gasteiger partial charge < -0.3 is 4.90 Å². The summed E-state index contributed by atoms with van der Waals surface area (Å²) < 4.78 is 1.77. The summed E-state index contributed by atoms with van der Waals surface area (Å²) in [6, 6.07) is 5.77. The first-order valence-electron chi connectivity index (χ1n) is 7.46. The molecule has 2 rings (SSSR count). The number of pyridine rings is 1. The molecule has 5 nitrogen and oxygen atoms in total. The number of hydrogen-bond donors (Lipinski definition) is 0. The van der Waals surface area contributed by atoms with Gasteiger partial charge in [0.05, 0.1) is 24.0 Å². The van der Waals surface area contributed by atoms with Gasteiger partial charge in [-0.1, -0.05) is 19.4 Å². The fraction of sp³-hybridized carbons (Fsp3) is 0.438. The van der Waals surface area contributed by atoms with Crippen LogP contribution in [0.4, 0.5) is 0 Å². The van der Waals surface area contributed by atoms with E-state index < -0.39 is 0 Å². The second-order valence-corrected chi connectivity index (χ2v) is 4.99. The average Bonchev–Trinajstić information content (AvgIpc) is 3.00. The summed E-state index contributed by atoms with van der Waals surface area (Å²) in [5, 5.41) is 4.18. The SMILES string of the molecule is CCCCN(Cc1ccccn1)C(=O)c1cnn(CC)c1. The summed E-state index contributed by atoms with van der Waals surface area (Å²) in [6.45, 7) is 6.17. The molecule has 0 unspecified atom stereocenters. The fourth-order valence-corrected chi connectivity index (χ4v) is 2.12. The summed E-state index contributed by atoms with van der Waals surface area (Å²) >= 11 is 0. The predicted octanol–water partition coefficient (Wildman–Crippen LogP) is 2.74. The van der Waals surface area contributed by atoms with Crippen LogP contribution in [-0.2, 0) is 13.1 Å². The third kappa shape index (κ3) is 4.15. The molecule has 21 heavy (non-hydrogen) atoms. The molecular weight excluding hydrogens is 264 g/mol. The fourth-order valence-electron chi connectivity index (χ4n) is 2.12. The minimum atomic E-state index is 0.0220. The van der Waals surface area contributed by atoms with Crippen molar-refractivity contribution < 1.29 is 4.79 Å². The van der Waals surface area contributed by atoms with Crippen LogP contribution in [0.15, 0.2) is 36.8 Å². The van der Waals surface area contributed by atoms with Crippen LogP contribution in [0.1, 0.15) is 42.7 Å². The molecule has 0 aromatic carbocycles. The van der Waals surface area contributed by atoms with Gasteiger partial charge in [0, 0.05) is 25.5 Å². The molecule has 5 heteroatoms. The quantitative estimate of drug-likeness (QED) is 0.786.